The third kappa shape index (κ3) is 2.72. The van der Waals surface area contributed by atoms with E-state index in [4.69, 9.17) is 0 Å². The molecule has 15 heavy (non-hydrogen) atoms. The first-order valence-electron chi connectivity index (χ1n) is 4.23. The number of carbonyl (C=O) groups is 1. The summed E-state index contributed by atoms with van der Waals surface area (Å²) in [6, 6.07) is 3.51. The Morgan fingerprint density at radius 2 is 2.33 bits per heavy atom. The van der Waals surface area contributed by atoms with Crippen molar-refractivity contribution in [2.45, 2.75) is 6.92 Å². The predicted octanol–water partition coefficient (Wildman–Crippen LogP) is 1.97. The molecule has 0 bridgehead atoms. The van der Waals surface area contributed by atoms with Gasteiger partial charge < -0.3 is 4.74 Å². The Kier molecular flexibility index (Phi) is 3.71. The number of benzene rings is 1. The second-order valence-electron chi connectivity index (χ2n) is 2.59. The molecule has 1 rings (SSSR count). The number of aliphatic imine (C=N–C) groups is 1. The van der Waals surface area contributed by atoms with Gasteiger partial charge in [-0.15, -0.1) is 0 Å². The second-order valence-corrected chi connectivity index (χ2v) is 2.59. The van der Waals surface area contributed by atoms with Crippen molar-refractivity contribution in [2.75, 3.05) is 6.61 Å². The molecule has 0 radical (unpaired) electrons. The molecule has 78 valence electrons. The van der Waals surface area contributed by atoms with Crippen LogP contribution in [0.3, 0.4) is 0 Å². The average Bonchev–Trinajstić information content (AvgIpc) is 2.18. The van der Waals surface area contributed by atoms with Gasteiger partial charge in [-0.3, -0.25) is 0 Å². The van der Waals surface area contributed by atoms with E-state index in [2.05, 4.69) is 9.73 Å². The van der Waals surface area contributed by atoms with E-state index in [0.717, 1.165) is 6.07 Å². The van der Waals surface area contributed by atoms with Crippen molar-refractivity contribution in [2.24, 2.45) is 4.99 Å². The largest absolute Gasteiger partial charge is 0.462 e. The Hall–Kier alpha value is -2.00. The van der Waals surface area contributed by atoms with Gasteiger partial charge in [-0.25, -0.2) is 14.0 Å². The summed E-state index contributed by atoms with van der Waals surface area (Å²) >= 11 is 0. The van der Waals surface area contributed by atoms with Gasteiger partial charge >= 0.3 is 5.97 Å². The summed E-state index contributed by atoms with van der Waals surface area (Å²) in [6.45, 7) is 1.80. The molecule has 0 fully saturated rings. The van der Waals surface area contributed by atoms with E-state index in [0.29, 0.717) is 0 Å². The average molecular weight is 209 g/mol. The van der Waals surface area contributed by atoms with Crippen LogP contribution in [0, 0.1) is 5.82 Å². The first-order valence-corrected chi connectivity index (χ1v) is 4.23. The van der Waals surface area contributed by atoms with Crippen LogP contribution in [0.4, 0.5) is 10.1 Å². The van der Waals surface area contributed by atoms with E-state index in [1.54, 1.807) is 6.92 Å². The van der Waals surface area contributed by atoms with Crippen LogP contribution in [-0.2, 0) is 9.53 Å². The van der Waals surface area contributed by atoms with Crippen molar-refractivity contribution >= 4 is 17.7 Å². The third-order valence-corrected chi connectivity index (χ3v) is 1.62. The lowest BCUT2D eigenvalue weighted by atomic mass is 10.2. The molecule has 0 aliphatic heterocycles. The highest BCUT2D eigenvalue weighted by Gasteiger charge is 2.12. The van der Waals surface area contributed by atoms with Crippen molar-refractivity contribution in [3.05, 3.63) is 29.6 Å². The fourth-order valence-corrected chi connectivity index (χ4v) is 1.00. The van der Waals surface area contributed by atoms with E-state index in [1.807, 2.05) is 0 Å². The van der Waals surface area contributed by atoms with Crippen LogP contribution >= 0.6 is 0 Å². The number of rotatable bonds is 3. The lowest BCUT2D eigenvalue weighted by Gasteiger charge is -2.02. The smallest absolute Gasteiger partial charge is 0.341 e. The number of carbonyl (C=O) groups excluding carboxylic acids is 2. The molecule has 0 spiro atoms. The lowest BCUT2D eigenvalue weighted by Crippen LogP contribution is -2.06. The molecule has 0 aliphatic carbocycles. The molecule has 0 N–H and O–H groups in total. The summed E-state index contributed by atoms with van der Waals surface area (Å²) in [7, 11) is 0. The molecule has 0 saturated heterocycles. The standard InChI is InChI=1S/C10H8FNO3/c1-2-15-10(14)8-4-3-7(12-6-13)5-9(8)11/h3-5H,2H2,1H3. The first kappa shape index (κ1) is 11.1. The topological polar surface area (TPSA) is 55.7 Å². The van der Waals surface area contributed by atoms with Gasteiger partial charge in [-0.1, -0.05) is 0 Å². The number of hydrogen-bond donors (Lipinski definition) is 0. The van der Waals surface area contributed by atoms with Crippen molar-refractivity contribution in [1.82, 2.24) is 0 Å². The number of halogens is 1. The predicted molar refractivity (Wildman–Crippen MR) is 50.1 cm³/mol. The first-order chi connectivity index (χ1) is 7.19. The third-order valence-electron chi connectivity index (χ3n) is 1.62. The molecule has 4 nitrogen and oxygen atoms in total. The lowest BCUT2D eigenvalue weighted by molar-refractivity contribution is 0.0521. The van der Waals surface area contributed by atoms with Crippen LogP contribution in [0.2, 0.25) is 0 Å². The van der Waals surface area contributed by atoms with E-state index < -0.39 is 11.8 Å². The van der Waals surface area contributed by atoms with Gasteiger partial charge in [0.1, 0.15) is 5.82 Å². The number of nitrogens with zero attached hydrogens (tertiary/aromatic N) is 1. The van der Waals surface area contributed by atoms with Gasteiger partial charge in [0.25, 0.3) is 0 Å². The second kappa shape index (κ2) is 5.02. The van der Waals surface area contributed by atoms with Crippen molar-refractivity contribution in [1.29, 1.82) is 0 Å². The minimum absolute atomic E-state index is 0.107. The molecule has 5 heteroatoms. The van der Waals surface area contributed by atoms with Crippen molar-refractivity contribution in [3.8, 4) is 0 Å². The fourth-order valence-electron chi connectivity index (χ4n) is 1.00. The van der Waals surface area contributed by atoms with Crippen LogP contribution < -0.4 is 0 Å². The summed E-state index contributed by atoms with van der Waals surface area (Å²) < 4.78 is 17.9. The summed E-state index contributed by atoms with van der Waals surface area (Å²) in [4.78, 5) is 24.3. The van der Waals surface area contributed by atoms with Crippen LogP contribution in [0.25, 0.3) is 0 Å². The summed E-state index contributed by atoms with van der Waals surface area (Å²) in [5, 5.41) is 0. The van der Waals surface area contributed by atoms with Crippen LogP contribution in [-0.4, -0.2) is 18.7 Å². The minimum Gasteiger partial charge on any atom is -0.462 e. The highest BCUT2D eigenvalue weighted by atomic mass is 19.1. The highest BCUT2D eigenvalue weighted by Crippen LogP contribution is 2.17. The molecular formula is C10H8FNO3. The molecule has 0 amide bonds. The maximum atomic E-state index is 13.3. The molecule has 0 aromatic heterocycles. The SMILES string of the molecule is CCOC(=O)c1ccc(N=C=O)cc1F. The summed E-state index contributed by atoms with van der Waals surface area (Å²) in [6.07, 6.45) is 1.28. The normalized spacial score (nSPS) is 9.20. The zero-order valence-corrected chi connectivity index (χ0v) is 7.99. The molecule has 0 saturated carbocycles. The van der Waals surface area contributed by atoms with Crippen LogP contribution in [0.1, 0.15) is 17.3 Å². The Morgan fingerprint density at radius 1 is 1.60 bits per heavy atom. The minimum atomic E-state index is -0.773. The number of esters is 1. The monoisotopic (exact) mass is 209 g/mol. The van der Waals surface area contributed by atoms with Gasteiger partial charge in [0, 0.05) is 6.07 Å². The van der Waals surface area contributed by atoms with Gasteiger partial charge in [0.2, 0.25) is 6.08 Å². The Labute approximate surface area is 85.4 Å². The number of ether oxygens (including phenoxy) is 1. The number of isocyanates is 1. The summed E-state index contributed by atoms with van der Waals surface area (Å²) in [5.74, 6) is -1.51. The van der Waals surface area contributed by atoms with E-state index in [1.165, 1.54) is 18.2 Å². The van der Waals surface area contributed by atoms with Gasteiger partial charge in [0.15, 0.2) is 0 Å². The molecule has 0 aliphatic rings. The Bertz CT molecular complexity index is 425. The number of hydrogen-bond acceptors (Lipinski definition) is 4. The molecule has 1 aromatic carbocycles. The van der Waals surface area contributed by atoms with Gasteiger partial charge in [-0.05, 0) is 19.1 Å². The molecular weight excluding hydrogens is 201 g/mol. The molecule has 0 atom stereocenters. The van der Waals surface area contributed by atoms with Crippen LogP contribution in [0.5, 0.6) is 0 Å². The molecule has 1 aromatic rings. The van der Waals surface area contributed by atoms with Crippen LogP contribution in [0.15, 0.2) is 23.2 Å². The van der Waals surface area contributed by atoms with E-state index in [-0.39, 0.29) is 17.9 Å². The van der Waals surface area contributed by atoms with Gasteiger partial charge in [0.05, 0.1) is 17.9 Å². The molecule has 0 heterocycles. The van der Waals surface area contributed by atoms with Crippen molar-refractivity contribution < 1.29 is 18.7 Å². The maximum Gasteiger partial charge on any atom is 0.341 e. The van der Waals surface area contributed by atoms with E-state index >= 15 is 0 Å². The highest BCUT2D eigenvalue weighted by molar-refractivity contribution is 5.90. The van der Waals surface area contributed by atoms with Gasteiger partial charge in [-0.2, -0.15) is 4.99 Å². The quantitative estimate of drug-likeness (QED) is 0.434. The molecule has 0 unspecified atom stereocenters. The van der Waals surface area contributed by atoms with Crippen molar-refractivity contribution in [3.63, 3.8) is 0 Å². The maximum absolute atomic E-state index is 13.3. The van der Waals surface area contributed by atoms with E-state index in [9.17, 15) is 14.0 Å². The fraction of sp³-hybridized carbons (Fsp3) is 0.200. The summed E-state index contributed by atoms with van der Waals surface area (Å²) in [5.41, 5.74) is -0.0720. The zero-order valence-electron chi connectivity index (χ0n) is 7.99. The zero-order chi connectivity index (χ0) is 11.3. The Morgan fingerprint density at radius 3 is 2.87 bits per heavy atom. The Balaban J connectivity index is 3.02.